The van der Waals surface area contributed by atoms with E-state index in [1.165, 1.54) is 11.1 Å². The number of rotatable bonds is 12. The highest BCUT2D eigenvalue weighted by atomic mass is 35.5. The van der Waals surface area contributed by atoms with Crippen molar-refractivity contribution in [3.8, 4) is 45.4 Å². The fourth-order valence-electron chi connectivity index (χ4n) is 8.52. The standard InChI is InChI=1S/C41H44Cl2N6O4/c1-52-40-36-22(9-13-30(36)44-18-17-24-11-15-34(50)46-24)19-32(48-40)28-7-3-5-26(38(28)42)27-6-4-8-29(39(27)43)33-20-23-10-14-31(37(23)41(49-33)53-2)45-21-25-12-16-35(51)47-25/h3-8,19-20,24-25,30-31,44-45H,9-18,21H2,1-2H3,(H,46,50)(H,47,51)/t24-,25-,30?,31+/m0/s1. The molecule has 2 fully saturated rings. The number of nitrogens with zero attached hydrogens (tertiary/aromatic N) is 2. The van der Waals surface area contributed by atoms with Gasteiger partial charge in [0.25, 0.3) is 0 Å². The van der Waals surface area contributed by atoms with Gasteiger partial charge in [0.05, 0.1) is 35.7 Å². The molecule has 2 saturated heterocycles. The van der Waals surface area contributed by atoms with Gasteiger partial charge in [-0.2, -0.15) is 0 Å². The Morgan fingerprint density at radius 3 is 1.66 bits per heavy atom. The van der Waals surface area contributed by atoms with Crippen LogP contribution in [0.15, 0.2) is 48.5 Å². The molecule has 2 aromatic heterocycles. The number of benzene rings is 2. The van der Waals surface area contributed by atoms with Crippen molar-refractivity contribution in [1.29, 1.82) is 0 Å². The largest absolute Gasteiger partial charge is 0.481 e. The Labute approximate surface area is 319 Å². The number of halogens is 2. The summed E-state index contributed by atoms with van der Waals surface area (Å²) in [7, 11) is 3.31. The molecule has 4 N–H and O–H groups in total. The predicted octanol–water partition coefficient (Wildman–Crippen LogP) is 6.90. The molecule has 10 nitrogen and oxygen atoms in total. The summed E-state index contributed by atoms with van der Waals surface area (Å²) in [6.45, 7) is 1.52. The van der Waals surface area contributed by atoms with Gasteiger partial charge in [-0.15, -0.1) is 0 Å². The van der Waals surface area contributed by atoms with Crippen LogP contribution in [0.3, 0.4) is 0 Å². The molecular formula is C41H44Cl2N6O4. The molecular weight excluding hydrogens is 711 g/mol. The van der Waals surface area contributed by atoms with Crippen molar-refractivity contribution in [2.45, 2.75) is 82.0 Å². The highest BCUT2D eigenvalue weighted by Gasteiger charge is 2.32. The third-order valence-electron chi connectivity index (χ3n) is 11.2. The number of aryl methyl sites for hydroxylation is 2. The highest BCUT2D eigenvalue weighted by molar-refractivity contribution is 6.39. The number of nitrogens with one attached hydrogen (secondary N) is 4. The quantitative estimate of drug-likeness (QED) is 0.123. The van der Waals surface area contributed by atoms with E-state index in [0.29, 0.717) is 41.2 Å². The number of hydrogen-bond donors (Lipinski definition) is 4. The second kappa shape index (κ2) is 15.3. The highest BCUT2D eigenvalue weighted by Crippen LogP contribution is 2.46. The first-order chi connectivity index (χ1) is 25.8. The van der Waals surface area contributed by atoms with Crippen molar-refractivity contribution in [2.75, 3.05) is 27.3 Å². The Morgan fingerprint density at radius 1 is 0.679 bits per heavy atom. The van der Waals surface area contributed by atoms with Gasteiger partial charge in [-0.05, 0) is 74.8 Å². The molecule has 2 amide bonds. The van der Waals surface area contributed by atoms with E-state index in [0.717, 1.165) is 96.3 Å². The van der Waals surface area contributed by atoms with Crippen LogP contribution < -0.4 is 30.7 Å². The maximum atomic E-state index is 11.7. The fraction of sp³-hybridized carbons (Fsp3) is 0.415. The summed E-state index contributed by atoms with van der Waals surface area (Å²) in [5.41, 5.74) is 9.22. The van der Waals surface area contributed by atoms with E-state index in [-0.39, 0.29) is 36.0 Å². The number of amides is 2. The maximum Gasteiger partial charge on any atom is 0.220 e. The van der Waals surface area contributed by atoms with Gasteiger partial charge in [0.15, 0.2) is 0 Å². The van der Waals surface area contributed by atoms with Crippen molar-refractivity contribution in [1.82, 2.24) is 31.2 Å². The average Bonchev–Trinajstić information content (AvgIpc) is 3.98. The number of carbonyl (C=O) groups excluding carboxylic acids is 2. The topological polar surface area (TPSA) is 126 Å². The van der Waals surface area contributed by atoms with Crippen LogP contribution in [0.5, 0.6) is 11.8 Å². The van der Waals surface area contributed by atoms with E-state index < -0.39 is 0 Å². The van der Waals surface area contributed by atoms with Gasteiger partial charge < -0.3 is 30.7 Å². The predicted molar refractivity (Wildman–Crippen MR) is 207 cm³/mol. The minimum Gasteiger partial charge on any atom is -0.481 e. The average molecular weight is 756 g/mol. The SMILES string of the molecule is COc1nc(-c2cccc(-c3cccc(-c4cc5c(c(OC)n4)[C@H](NC[C@@H]4CCC(=O)N4)CC5)c3Cl)c2Cl)cc2c1C(NCC[C@@H]1CCC(=O)N1)CC2. The van der Waals surface area contributed by atoms with Crippen LogP contribution in [0, 0.1) is 0 Å². The summed E-state index contributed by atoms with van der Waals surface area (Å²) in [5.74, 6) is 1.44. The molecule has 0 saturated carbocycles. The third-order valence-corrected chi connectivity index (χ3v) is 12.0. The van der Waals surface area contributed by atoms with Gasteiger partial charge in [-0.3, -0.25) is 9.59 Å². The van der Waals surface area contributed by atoms with Gasteiger partial charge in [0, 0.05) is 76.9 Å². The molecule has 4 aliphatic rings. The van der Waals surface area contributed by atoms with Crippen molar-refractivity contribution in [3.63, 3.8) is 0 Å². The molecule has 1 unspecified atom stereocenters. The van der Waals surface area contributed by atoms with Gasteiger partial charge in [0.1, 0.15) is 0 Å². The minimum absolute atomic E-state index is 0.100. The van der Waals surface area contributed by atoms with E-state index in [4.69, 9.17) is 42.6 Å². The number of hydrogen-bond acceptors (Lipinski definition) is 8. The van der Waals surface area contributed by atoms with Crippen molar-refractivity contribution in [3.05, 3.63) is 80.8 Å². The molecule has 0 spiro atoms. The first-order valence-electron chi connectivity index (χ1n) is 18.6. The molecule has 2 aliphatic heterocycles. The van der Waals surface area contributed by atoms with Crippen LogP contribution >= 0.6 is 23.2 Å². The fourth-order valence-corrected chi connectivity index (χ4v) is 9.17. The van der Waals surface area contributed by atoms with Crippen molar-refractivity contribution < 1.29 is 19.1 Å². The van der Waals surface area contributed by atoms with Crippen LogP contribution in [0.4, 0.5) is 0 Å². The van der Waals surface area contributed by atoms with Crippen LogP contribution in [-0.4, -0.2) is 61.2 Å². The molecule has 0 radical (unpaired) electrons. The Hall–Kier alpha value is -4.22. The zero-order valence-corrected chi connectivity index (χ0v) is 31.5. The number of aromatic nitrogens is 2. The molecule has 53 heavy (non-hydrogen) atoms. The lowest BCUT2D eigenvalue weighted by atomic mass is 9.97. The number of ether oxygens (including phenoxy) is 2. The van der Waals surface area contributed by atoms with Crippen molar-refractivity contribution >= 4 is 35.0 Å². The van der Waals surface area contributed by atoms with E-state index in [1.807, 2.05) is 36.4 Å². The summed E-state index contributed by atoms with van der Waals surface area (Å²) >= 11 is 14.5. The molecule has 4 atom stereocenters. The summed E-state index contributed by atoms with van der Waals surface area (Å²) in [4.78, 5) is 33.2. The van der Waals surface area contributed by atoms with E-state index in [2.05, 4.69) is 33.4 Å². The number of fused-ring (bicyclic) bond motifs is 2. The van der Waals surface area contributed by atoms with Gasteiger partial charge in [-0.1, -0.05) is 59.6 Å². The number of carbonyl (C=O) groups is 2. The van der Waals surface area contributed by atoms with Crippen LogP contribution in [0.2, 0.25) is 10.0 Å². The normalized spacial score (nSPS) is 21.7. The Bertz CT molecular complexity index is 2070. The second-order valence-corrected chi connectivity index (χ2v) is 15.2. The molecule has 4 aromatic rings. The Morgan fingerprint density at radius 2 is 1.17 bits per heavy atom. The van der Waals surface area contributed by atoms with Gasteiger partial charge >= 0.3 is 0 Å². The summed E-state index contributed by atoms with van der Waals surface area (Å²) in [6.07, 6.45) is 7.50. The molecule has 8 rings (SSSR count). The maximum absolute atomic E-state index is 11.7. The van der Waals surface area contributed by atoms with E-state index in [9.17, 15) is 9.59 Å². The summed E-state index contributed by atoms with van der Waals surface area (Å²) in [5, 5.41) is 14.5. The summed E-state index contributed by atoms with van der Waals surface area (Å²) in [6, 6.07) is 16.8. The first kappa shape index (κ1) is 35.8. The lowest BCUT2D eigenvalue weighted by Crippen LogP contribution is -2.36. The lowest BCUT2D eigenvalue weighted by Gasteiger charge is -2.20. The van der Waals surface area contributed by atoms with Gasteiger partial charge in [0.2, 0.25) is 23.6 Å². The Balaban J connectivity index is 1.05. The monoisotopic (exact) mass is 754 g/mol. The van der Waals surface area contributed by atoms with Gasteiger partial charge in [-0.25, -0.2) is 9.97 Å². The molecule has 4 heterocycles. The smallest absolute Gasteiger partial charge is 0.220 e. The van der Waals surface area contributed by atoms with E-state index in [1.54, 1.807) is 14.2 Å². The third kappa shape index (κ3) is 7.10. The van der Waals surface area contributed by atoms with Crippen LogP contribution in [0.1, 0.15) is 79.3 Å². The number of pyridine rings is 2. The second-order valence-electron chi connectivity index (χ2n) is 14.5. The zero-order chi connectivity index (χ0) is 36.6. The minimum atomic E-state index is 0.100. The van der Waals surface area contributed by atoms with Crippen LogP contribution in [0.25, 0.3) is 33.6 Å². The number of methoxy groups -OCH3 is 2. The van der Waals surface area contributed by atoms with E-state index >= 15 is 0 Å². The first-order valence-corrected chi connectivity index (χ1v) is 19.4. The summed E-state index contributed by atoms with van der Waals surface area (Å²) < 4.78 is 11.7. The van der Waals surface area contributed by atoms with Crippen molar-refractivity contribution in [2.24, 2.45) is 0 Å². The molecule has 2 aliphatic carbocycles. The molecule has 12 heteroatoms. The van der Waals surface area contributed by atoms with Crippen LogP contribution in [-0.2, 0) is 22.4 Å². The molecule has 276 valence electrons. The lowest BCUT2D eigenvalue weighted by molar-refractivity contribution is -0.120. The zero-order valence-electron chi connectivity index (χ0n) is 30.0. The Kier molecular flexibility index (Phi) is 10.3. The molecule has 2 aromatic carbocycles. The molecule has 0 bridgehead atoms.